The number of carbonyl (C=O) groups excluding carboxylic acids is 2. The van der Waals surface area contributed by atoms with Crippen LogP contribution in [0.5, 0.6) is 0 Å². The first-order valence-corrected chi connectivity index (χ1v) is 7.56. The molecule has 0 bridgehead atoms. The summed E-state index contributed by atoms with van der Waals surface area (Å²) in [7, 11) is 0. The van der Waals surface area contributed by atoms with Gasteiger partial charge in [-0.15, -0.1) is 0 Å². The van der Waals surface area contributed by atoms with Crippen LogP contribution in [0.2, 0.25) is 0 Å². The number of nitrogens with zero attached hydrogens (tertiary/aromatic N) is 3. The first-order chi connectivity index (χ1) is 10.1. The molecule has 0 unspecified atom stereocenters. The van der Waals surface area contributed by atoms with Gasteiger partial charge in [-0.3, -0.25) is 9.59 Å². The van der Waals surface area contributed by atoms with Gasteiger partial charge in [-0.2, -0.15) is 5.26 Å². The van der Waals surface area contributed by atoms with Crippen molar-refractivity contribution in [3.8, 4) is 6.07 Å². The number of benzene rings is 1. The van der Waals surface area contributed by atoms with Crippen molar-refractivity contribution >= 4 is 27.7 Å². The molecule has 1 heterocycles. The fourth-order valence-corrected chi connectivity index (χ4v) is 2.54. The Hall–Kier alpha value is -1.87. The van der Waals surface area contributed by atoms with Gasteiger partial charge in [-0.05, 0) is 17.7 Å². The molecule has 2 amide bonds. The maximum Gasteiger partial charge on any atom is 0.236 e. The number of carbonyl (C=O) groups is 2. The molecule has 1 aliphatic rings. The van der Waals surface area contributed by atoms with Crippen molar-refractivity contribution in [1.82, 2.24) is 9.80 Å². The minimum absolute atomic E-state index is 0.0738. The molecule has 5 nitrogen and oxygen atoms in total. The normalized spacial score (nSPS) is 14.7. The van der Waals surface area contributed by atoms with Crippen LogP contribution < -0.4 is 0 Å². The second kappa shape index (κ2) is 7.23. The number of piperazine rings is 1. The molecule has 110 valence electrons. The third-order valence-corrected chi connectivity index (χ3v) is 4.01. The molecule has 0 radical (unpaired) electrons. The molecule has 0 spiro atoms. The highest BCUT2D eigenvalue weighted by Gasteiger charge is 2.23. The monoisotopic (exact) mass is 349 g/mol. The van der Waals surface area contributed by atoms with Crippen molar-refractivity contribution in [2.45, 2.75) is 12.8 Å². The minimum Gasteiger partial charge on any atom is -0.339 e. The number of hydrogen-bond acceptors (Lipinski definition) is 3. The van der Waals surface area contributed by atoms with Crippen molar-refractivity contribution < 1.29 is 9.59 Å². The fourth-order valence-electron chi connectivity index (χ4n) is 2.27. The van der Waals surface area contributed by atoms with Crippen molar-refractivity contribution in [3.05, 3.63) is 34.3 Å². The topological polar surface area (TPSA) is 64.4 Å². The zero-order chi connectivity index (χ0) is 15.2. The first-order valence-electron chi connectivity index (χ1n) is 6.77. The minimum atomic E-state index is -0.155. The number of amides is 2. The summed E-state index contributed by atoms with van der Waals surface area (Å²) < 4.78 is 0.989. The average Bonchev–Trinajstić information content (AvgIpc) is 2.50. The predicted molar refractivity (Wildman–Crippen MR) is 81.2 cm³/mol. The fraction of sp³-hybridized carbons (Fsp3) is 0.400. The Kier molecular flexibility index (Phi) is 5.34. The second-order valence-electron chi connectivity index (χ2n) is 4.90. The molecular weight excluding hydrogens is 334 g/mol. The maximum atomic E-state index is 12.2. The Balaban J connectivity index is 1.84. The Morgan fingerprint density at radius 3 is 2.10 bits per heavy atom. The molecule has 6 heteroatoms. The summed E-state index contributed by atoms with van der Waals surface area (Å²) in [5.74, 6) is -0.0813. The first kappa shape index (κ1) is 15.5. The van der Waals surface area contributed by atoms with Crippen LogP contribution in [0, 0.1) is 11.3 Å². The van der Waals surface area contributed by atoms with E-state index >= 15 is 0 Å². The summed E-state index contributed by atoms with van der Waals surface area (Å²) in [6.45, 7) is 2.08. The lowest BCUT2D eigenvalue weighted by atomic mass is 10.1. The quantitative estimate of drug-likeness (QED) is 0.831. The van der Waals surface area contributed by atoms with Crippen LogP contribution in [0.15, 0.2) is 28.7 Å². The van der Waals surface area contributed by atoms with Crippen LogP contribution in [0.1, 0.15) is 12.0 Å². The van der Waals surface area contributed by atoms with E-state index in [2.05, 4.69) is 15.9 Å². The van der Waals surface area contributed by atoms with E-state index in [-0.39, 0.29) is 18.2 Å². The van der Waals surface area contributed by atoms with Crippen molar-refractivity contribution in [2.24, 2.45) is 0 Å². The summed E-state index contributed by atoms with van der Waals surface area (Å²) in [6.07, 6.45) is 0.284. The van der Waals surface area contributed by atoms with E-state index in [0.717, 1.165) is 10.0 Å². The lowest BCUT2D eigenvalue weighted by molar-refractivity contribution is -0.138. The number of hydrogen-bond donors (Lipinski definition) is 0. The summed E-state index contributed by atoms with van der Waals surface area (Å²) in [5.41, 5.74) is 0.978. The van der Waals surface area contributed by atoms with Crippen LogP contribution in [0.25, 0.3) is 0 Å². The van der Waals surface area contributed by atoms with Crippen LogP contribution in [0.3, 0.4) is 0 Å². The number of nitriles is 1. The van der Waals surface area contributed by atoms with Gasteiger partial charge in [0.15, 0.2) is 0 Å². The van der Waals surface area contributed by atoms with E-state index in [9.17, 15) is 9.59 Å². The number of halogens is 1. The van der Waals surface area contributed by atoms with E-state index < -0.39 is 0 Å². The van der Waals surface area contributed by atoms with Gasteiger partial charge in [0.25, 0.3) is 0 Å². The SMILES string of the molecule is N#CCC(=O)N1CCN(C(=O)Cc2ccc(Br)cc2)CC1. The van der Waals surface area contributed by atoms with E-state index in [0.29, 0.717) is 32.6 Å². The standard InChI is InChI=1S/C15H16BrN3O2/c16-13-3-1-12(2-4-13)11-15(21)19-9-7-18(8-10-19)14(20)5-6-17/h1-4H,5,7-11H2. The molecule has 0 saturated carbocycles. The highest BCUT2D eigenvalue weighted by Crippen LogP contribution is 2.12. The van der Waals surface area contributed by atoms with Gasteiger partial charge in [-0.25, -0.2) is 0 Å². The van der Waals surface area contributed by atoms with E-state index in [4.69, 9.17) is 5.26 Å². The molecule has 1 aliphatic heterocycles. The van der Waals surface area contributed by atoms with Gasteiger partial charge in [0.1, 0.15) is 6.42 Å². The third kappa shape index (κ3) is 4.30. The molecule has 1 saturated heterocycles. The number of rotatable bonds is 3. The zero-order valence-electron chi connectivity index (χ0n) is 11.6. The summed E-state index contributed by atoms with van der Waals surface area (Å²) in [5, 5.41) is 8.53. The molecule has 1 fully saturated rings. The smallest absolute Gasteiger partial charge is 0.236 e. The van der Waals surface area contributed by atoms with E-state index in [1.54, 1.807) is 9.80 Å². The molecule has 0 aliphatic carbocycles. The largest absolute Gasteiger partial charge is 0.339 e. The van der Waals surface area contributed by atoms with Gasteiger partial charge in [0.2, 0.25) is 11.8 Å². The van der Waals surface area contributed by atoms with Crippen molar-refractivity contribution in [3.63, 3.8) is 0 Å². The molecule has 21 heavy (non-hydrogen) atoms. The molecule has 1 aromatic rings. The Bertz CT molecular complexity index is 557. The van der Waals surface area contributed by atoms with Gasteiger partial charge in [0.05, 0.1) is 12.5 Å². The molecule has 0 N–H and O–H groups in total. The van der Waals surface area contributed by atoms with Crippen LogP contribution in [0.4, 0.5) is 0 Å². The van der Waals surface area contributed by atoms with Gasteiger partial charge >= 0.3 is 0 Å². The lowest BCUT2D eigenvalue weighted by Crippen LogP contribution is -2.50. The summed E-state index contributed by atoms with van der Waals surface area (Å²) in [6, 6.07) is 9.55. The van der Waals surface area contributed by atoms with Crippen LogP contribution in [-0.2, 0) is 16.0 Å². The van der Waals surface area contributed by atoms with E-state index in [1.165, 1.54) is 0 Å². The second-order valence-corrected chi connectivity index (χ2v) is 5.82. The maximum absolute atomic E-state index is 12.2. The van der Waals surface area contributed by atoms with Gasteiger partial charge in [0, 0.05) is 30.7 Å². The van der Waals surface area contributed by atoms with Gasteiger partial charge in [-0.1, -0.05) is 28.1 Å². The van der Waals surface area contributed by atoms with Crippen LogP contribution in [-0.4, -0.2) is 47.8 Å². The van der Waals surface area contributed by atoms with Crippen molar-refractivity contribution in [2.75, 3.05) is 26.2 Å². The summed E-state index contributed by atoms with van der Waals surface area (Å²) >= 11 is 3.37. The molecule has 0 atom stereocenters. The molecule has 0 aromatic heterocycles. The van der Waals surface area contributed by atoms with E-state index in [1.807, 2.05) is 30.3 Å². The van der Waals surface area contributed by atoms with Crippen molar-refractivity contribution in [1.29, 1.82) is 5.26 Å². The Morgan fingerprint density at radius 1 is 1.05 bits per heavy atom. The highest BCUT2D eigenvalue weighted by molar-refractivity contribution is 9.10. The average molecular weight is 350 g/mol. The lowest BCUT2D eigenvalue weighted by Gasteiger charge is -2.34. The predicted octanol–water partition coefficient (Wildman–Crippen LogP) is 1.58. The van der Waals surface area contributed by atoms with Crippen LogP contribution >= 0.6 is 15.9 Å². The van der Waals surface area contributed by atoms with Gasteiger partial charge < -0.3 is 9.80 Å². The third-order valence-electron chi connectivity index (χ3n) is 3.48. The Morgan fingerprint density at radius 2 is 1.57 bits per heavy atom. The molecule has 1 aromatic carbocycles. The highest BCUT2D eigenvalue weighted by atomic mass is 79.9. The Labute approximate surface area is 132 Å². The summed E-state index contributed by atoms with van der Waals surface area (Å²) in [4.78, 5) is 27.2. The molecular formula is C15H16BrN3O2. The molecule has 2 rings (SSSR count). The zero-order valence-corrected chi connectivity index (χ0v) is 13.2.